The highest BCUT2D eigenvalue weighted by molar-refractivity contribution is 5.91. The molecule has 0 spiro atoms. The number of anilines is 1. The van der Waals surface area contributed by atoms with E-state index in [9.17, 15) is 14.4 Å². The smallest absolute Gasteiger partial charge is 0.315 e. The minimum atomic E-state index is -0.510. The van der Waals surface area contributed by atoms with Crippen molar-refractivity contribution in [3.8, 4) is 22.4 Å². The van der Waals surface area contributed by atoms with Gasteiger partial charge in [-0.1, -0.05) is 60.2 Å². The lowest BCUT2D eigenvalue weighted by atomic mass is 10.0. The SMILES string of the molecule is Cc1ccc(-c2cc(NC(=O)Cn3cnc4c3c(=O)n(C)c(=O)n4C)nc(-c3ccccc3)c2)cc1. The summed E-state index contributed by atoms with van der Waals surface area (Å²) in [5.41, 5.74) is 4.13. The molecular weight excluding hydrogens is 456 g/mol. The van der Waals surface area contributed by atoms with Crippen LogP contribution in [-0.4, -0.2) is 29.6 Å². The number of pyridine rings is 1. The van der Waals surface area contributed by atoms with E-state index < -0.39 is 11.2 Å². The number of fused-ring (bicyclic) bond motifs is 1. The first kappa shape index (κ1) is 23.0. The van der Waals surface area contributed by atoms with Gasteiger partial charge >= 0.3 is 5.69 Å². The molecule has 0 aliphatic heterocycles. The maximum atomic E-state index is 13.0. The van der Waals surface area contributed by atoms with Gasteiger partial charge in [-0.3, -0.25) is 18.7 Å². The number of carbonyl (C=O) groups is 1. The number of aromatic nitrogens is 5. The molecule has 0 aliphatic carbocycles. The molecule has 0 radical (unpaired) electrons. The van der Waals surface area contributed by atoms with E-state index in [1.165, 1.54) is 29.6 Å². The van der Waals surface area contributed by atoms with Crippen LogP contribution >= 0.6 is 0 Å². The summed E-state index contributed by atoms with van der Waals surface area (Å²) in [6.07, 6.45) is 1.39. The number of benzene rings is 2. The van der Waals surface area contributed by atoms with Gasteiger partial charge in [0.2, 0.25) is 5.91 Å². The molecule has 9 nitrogen and oxygen atoms in total. The zero-order valence-corrected chi connectivity index (χ0v) is 20.1. The molecule has 9 heteroatoms. The van der Waals surface area contributed by atoms with E-state index in [2.05, 4.69) is 15.3 Å². The number of hydrogen-bond acceptors (Lipinski definition) is 5. The maximum absolute atomic E-state index is 13.0. The predicted octanol–water partition coefficient (Wildman–Crippen LogP) is 3.11. The van der Waals surface area contributed by atoms with Crippen LogP contribution in [0.25, 0.3) is 33.5 Å². The third-order valence-electron chi connectivity index (χ3n) is 6.08. The van der Waals surface area contributed by atoms with E-state index >= 15 is 0 Å². The van der Waals surface area contributed by atoms with Crippen LogP contribution in [0.1, 0.15) is 5.56 Å². The Kier molecular flexibility index (Phi) is 5.81. The molecule has 0 saturated carbocycles. The fraction of sp³-hybridized carbons (Fsp3) is 0.148. The average molecular weight is 481 g/mol. The molecule has 0 aliphatic rings. The quantitative estimate of drug-likeness (QED) is 0.416. The van der Waals surface area contributed by atoms with Crippen LogP contribution in [0.4, 0.5) is 5.82 Å². The van der Waals surface area contributed by atoms with Crippen LogP contribution in [0.2, 0.25) is 0 Å². The molecule has 3 aromatic heterocycles. The standard InChI is InChI=1S/C27H24N6O3/c1-17-9-11-18(12-10-17)20-13-21(19-7-5-4-6-8-19)29-22(14-20)30-23(34)15-33-16-28-25-24(33)26(35)32(3)27(36)31(25)2/h4-14,16H,15H2,1-3H3,(H,29,30,34). The number of nitrogens with zero attached hydrogens (tertiary/aromatic N) is 5. The Bertz CT molecular complexity index is 1710. The average Bonchev–Trinajstić information content (AvgIpc) is 3.30. The van der Waals surface area contributed by atoms with Gasteiger partial charge in [-0.2, -0.15) is 0 Å². The second-order valence-electron chi connectivity index (χ2n) is 8.66. The van der Waals surface area contributed by atoms with Crippen molar-refractivity contribution >= 4 is 22.9 Å². The summed E-state index contributed by atoms with van der Waals surface area (Å²) in [7, 11) is 2.93. The van der Waals surface area contributed by atoms with Crippen molar-refractivity contribution in [3.05, 3.63) is 99.5 Å². The molecule has 1 N–H and O–H groups in total. The van der Waals surface area contributed by atoms with E-state index in [-0.39, 0.29) is 23.6 Å². The minimum Gasteiger partial charge on any atom is -0.315 e. The zero-order valence-electron chi connectivity index (χ0n) is 20.1. The van der Waals surface area contributed by atoms with Gasteiger partial charge < -0.3 is 9.88 Å². The molecule has 0 bridgehead atoms. The largest absolute Gasteiger partial charge is 0.332 e. The lowest BCUT2D eigenvalue weighted by Crippen LogP contribution is -2.37. The van der Waals surface area contributed by atoms with E-state index in [4.69, 9.17) is 0 Å². The Balaban J connectivity index is 1.50. The number of amides is 1. The Labute approximate surface area is 206 Å². The Morgan fingerprint density at radius 3 is 2.33 bits per heavy atom. The lowest BCUT2D eigenvalue weighted by molar-refractivity contribution is -0.116. The molecular formula is C27H24N6O3. The third kappa shape index (κ3) is 4.22. The number of nitrogens with one attached hydrogen (secondary N) is 1. The molecule has 0 saturated heterocycles. The number of hydrogen-bond donors (Lipinski definition) is 1. The monoisotopic (exact) mass is 480 g/mol. The van der Waals surface area contributed by atoms with Crippen molar-refractivity contribution in [1.29, 1.82) is 0 Å². The first-order valence-corrected chi connectivity index (χ1v) is 11.4. The summed E-state index contributed by atoms with van der Waals surface area (Å²) in [5, 5.41) is 2.86. The van der Waals surface area contributed by atoms with E-state index in [1.807, 2.05) is 73.7 Å². The molecule has 180 valence electrons. The van der Waals surface area contributed by atoms with Gasteiger partial charge in [0.05, 0.1) is 12.0 Å². The topological polar surface area (TPSA) is 104 Å². The first-order valence-electron chi connectivity index (χ1n) is 11.4. The zero-order chi connectivity index (χ0) is 25.4. The van der Waals surface area contributed by atoms with E-state index in [0.29, 0.717) is 5.82 Å². The molecule has 2 aromatic carbocycles. The van der Waals surface area contributed by atoms with Gasteiger partial charge in [0.25, 0.3) is 5.56 Å². The predicted molar refractivity (Wildman–Crippen MR) is 139 cm³/mol. The Morgan fingerprint density at radius 2 is 1.61 bits per heavy atom. The summed E-state index contributed by atoms with van der Waals surface area (Å²) < 4.78 is 3.72. The van der Waals surface area contributed by atoms with E-state index in [0.717, 1.165) is 32.5 Å². The lowest BCUT2D eigenvalue weighted by Gasteiger charge is -2.12. The van der Waals surface area contributed by atoms with Crippen LogP contribution in [0.3, 0.4) is 0 Å². The molecule has 5 aromatic rings. The number of imidazole rings is 1. The Hall–Kier alpha value is -4.79. The second-order valence-corrected chi connectivity index (χ2v) is 8.66. The molecule has 0 atom stereocenters. The van der Waals surface area contributed by atoms with Crippen molar-refractivity contribution in [3.63, 3.8) is 0 Å². The minimum absolute atomic E-state index is 0.166. The molecule has 0 fully saturated rings. The van der Waals surface area contributed by atoms with Crippen LogP contribution in [-0.2, 0) is 25.4 Å². The van der Waals surface area contributed by atoms with Gasteiger partial charge in [-0.05, 0) is 30.2 Å². The summed E-state index contributed by atoms with van der Waals surface area (Å²) in [6.45, 7) is 1.86. The Morgan fingerprint density at radius 1 is 0.889 bits per heavy atom. The maximum Gasteiger partial charge on any atom is 0.332 e. The van der Waals surface area contributed by atoms with Crippen LogP contribution in [0, 0.1) is 6.92 Å². The highest BCUT2D eigenvalue weighted by Crippen LogP contribution is 2.28. The highest BCUT2D eigenvalue weighted by atomic mass is 16.2. The number of carbonyl (C=O) groups excluding carboxylic acids is 1. The summed E-state index contributed by atoms with van der Waals surface area (Å²) in [6, 6.07) is 21.7. The van der Waals surface area contributed by atoms with Crippen LogP contribution in [0.15, 0.2) is 82.6 Å². The van der Waals surface area contributed by atoms with Crippen molar-refractivity contribution in [2.75, 3.05) is 5.32 Å². The van der Waals surface area contributed by atoms with Crippen molar-refractivity contribution in [2.45, 2.75) is 13.5 Å². The van der Waals surface area contributed by atoms with Gasteiger partial charge in [0.1, 0.15) is 12.4 Å². The van der Waals surface area contributed by atoms with Gasteiger partial charge in [0.15, 0.2) is 11.2 Å². The van der Waals surface area contributed by atoms with Gasteiger partial charge in [-0.15, -0.1) is 0 Å². The molecule has 5 rings (SSSR count). The molecule has 0 unspecified atom stereocenters. The summed E-state index contributed by atoms with van der Waals surface area (Å²) >= 11 is 0. The van der Waals surface area contributed by atoms with Crippen LogP contribution in [0.5, 0.6) is 0 Å². The van der Waals surface area contributed by atoms with Crippen molar-refractivity contribution < 1.29 is 4.79 Å². The number of aryl methyl sites for hydroxylation is 2. The number of rotatable bonds is 5. The third-order valence-corrected chi connectivity index (χ3v) is 6.08. The van der Waals surface area contributed by atoms with Crippen LogP contribution < -0.4 is 16.6 Å². The summed E-state index contributed by atoms with van der Waals surface area (Å²) in [4.78, 5) is 46.8. The van der Waals surface area contributed by atoms with Gasteiger partial charge in [-0.25, -0.2) is 14.8 Å². The normalized spacial score (nSPS) is 11.1. The fourth-order valence-electron chi connectivity index (χ4n) is 4.12. The van der Waals surface area contributed by atoms with Crippen molar-refractivity contribution in [2.24, 2.45) is 14.1 Å². The molecule has 36 heavy (non-hydrogen) atoms. The van der Waals surface area contributed by atoms with Crippen molar-refractivity contribution in [1.82, 2.24) is 23.7 Å². The summed E-state index contributed by atoms with van der Waals surface area (Å²) in [5.74, 6) is 0.0134. The first-order chi connectivity index (χ1) is 17.3. The van der Waals surface area contributed by atoms with E-state index in [1.54, 1.807) is 0 Å². The van der Waals surface area contributed by atoms with Gasteiger partial charge in [0, 0.05) is 19.7 Å². The second kappa shape index (κ2) is 9.10. The molecule has 1 amide bonds. The fourth-order valence-corrected chi connectivity index (χ4v) is 4.12. The molecule has 3 heterocycles. The highest BCUT2D eigenvalue weighted by Gasteiger charge is 2.17.